The van der Waals surface area contributed by atoms with E-state index in [0.717, 1.165) is 25.9 Å². The predicted octanol–water partition coefficient (Wildman–Crippen LogP) is 6.90. The Labute approximate surface area is 172 Å². The zero-order valence-corrected chi connectivity index (χ0v) is 21.9. The van der Waals surface area contributed by atoms with Gasteiger partial charge in [0.15, 0.2) is 16.6 Å². The van der Waals surface area contributed by atoms with Crippen molar-refractivity contribution in [2.45, 2.75) is 122 Å². The van der Waals surface area contributed by atoms with Crippen molar-refractivity contribution in [3.63, 3.8) is 0 Å². The normalized spacial score (nSPS) is 16.3. The molecule has 162 valence electrons. The Kier molecular flexibility index (Phi) is 10.7. The first-order chi connectivity index (χ1) is 12.0. The number of aliphatic hydroxyl groups is 1. The second-order valence-corrected chi connectivity index (χ2v) is 20.6. The van der Waals surface area contributed by atoms with Crippen molar-refractivity contribution in [1.82, 2.24) is 0 Å². The molecule has 0 radical (unpaired) electrons. The first-order valence-electron chi connectivity index (χ1n) is 10.6. The minimum Gasteiger partial charge on any atom is -0.417 e. The van der Waals surface area contributed by atoms with E-state index in [9.17, 15) is 5.11 Å². The first kappa shape index (κ1) is 27.1. The van der Waals surface area contributed by atoms with Crippen LogP contribution < -0.4 is 0 Å². The lowest BCUT2D eigenvalue weighted by Gasteiger charge is -2.40. The van der Waals surface area contributed by atoms with Crippen molar-refractivity contribution in [2.75, 3.05) is 6.61 Å². The zero-order valence-electron chi connectivity index (χ0n) is 19.9. The molecule has 0 aromatic rings. The Balaban J connectivity index is 4.67. The molecule has 0 aromatic heterocycles. The summed E-state index contributed by atoms with van der Waals surface area (Å²) in [6, 6.07) is 0. The molecule has 27 heavy (non-hydrogen) atoms. The summed E-state index contributed by atoms with van der Waals surface area (Å²) in [7, 11) is -3.50. The molecule has 2 atom stereocenters. The number of unbranched alkanes of at least 4 members (excludes halogenated alkanes) is 1. The summed E-state index contributed by atoms with van der Waals surface area (Å²) in [5, 5.41) is 10.7. The lowest BCUT2D eigenvalue weighted by atomic mass is 10.0. The molecule has 0 aliphatic heterocycles. The molecule has 0 aliphatic carbocycles. The molecule has 0 unspecified atom stereocenters. The van der Waals surface area contributed by atoms with Crippen LogP contribution in [-0.4, -0.2) is 40.6 Å². The van der Waals surface area contributed by atoms with Gasteiger partial charge in [-0.1, -0.05) is 47.6 Å². The van der Waals surface area contributed by atoms with Crippen LogP contribution in [0, 0.1) is 0 Å². The van der Waals surface area contributed by atoms with Crippen LogP contribution in [0.3, 0.4) is 0 Å². The standard InChI is InChI=1S/C22H48O3Si2/c1-12-15-19(23)18-20(25-27(10,11)22(5,6)7)16-13-14-17-24-26(8,9)21(2,3)4/h12,19-20,23H,1,13-18H2,2-11H3/t19-,20+/m0/s1. The van der Waals surface area contributed by atoms with E-state index in [-0.39, 0.29) is 22.3 Å². The van der Waals surface area contributed by atoms with Crippen LogP contribution in [0.25, 0.3) is 0 Å². The van der Waals surface area contributed by atoms with E-state index < -0.39 is 16.6 Å². The summed E-state index contributed by atoms with van der Waals surface area (Å²) in [5.41, 5.74) is 0. The molecule has 3 nitrogen and oxygen atoms in total. The van der Waals surface area contributed by atoms with Gasteiger partial charge in [-0.25, -0.2) is 0 Å². The Morgan fingerprint density at radius 3 is 1.89 bits per heavy atom. The highest BCUT2D eigenvalue weighted by molar-refractivity contribution is 6.74. The fraction of sp³-hybridized carbons (Fsp3) is 0.909. The maximum atomic E-state index is 10.3. The molecule has 0 saturated heterocycles. The van der Waals surface area contributed by atoms with Gasteiger partial charge in [0.25, 0.3) is 0 Å². The zero-order chi connectivity index (χ0) is 21.5. The van der Waals surface area contributed by atoms with Crippen LogP contribution in [-0.2, 0) is 8.85 Å². The molecule has 0 spiro atoms. The predicted molar refractivity (Wildman–Crippen MR) is 125 cm³/mol. The van der Waals surface area contributed by atoms with E-state index in [0.29, 0.717) is 12.8 Å². The highest BCUT2D eigenvalue weighted by Gasteiger charge is 2.39. The molecule has 5 heteroatoms. The SMILES string of the molecule is C=CC[C@H](O)C[C@@H](CCCCO[Si](C)(C)C(C)(C)C)O[Si](C)(C)C(C)(C)C. The molecule has 0 fully saturated rings. The van der Waals surface area contributed by atoms with Gasteiger partial charge in [-0.3, -0.25) is 0 Å². The molecular formula is C22H48O3Si2. The van der Waals surface area contributed by atoms with Gasteiger partial charge in [0, 0.05) is 12.7 Å². The van der Waals surface area contributed by atoms with Crippen molar-refractivity contribution >= 4 is 16.6 Å². The molecule has 0 bridgehead atoms. The lowest BCUT2D eigenvalue weighted by molar-refractivity contribution is 0.0808. The fourth-order valence-corrected chi connectivity index (χ4v) is 4.92. The summed E-state index contributed by atoms with van der Waals surface area (Å²) < 4.78 is 12.9. The Morgan fingerprint density at radius 2 is 1.44 bits per heavy atom. The average molecular weight is 417 g/mol. The van der Waals surface area contributed by atoms with E-state index in [1.54, 1.807) is 6.08 Å². The maximum Gasteiger partial charge on any atom is 0.192 e. The largest absolute Gasteiger partial charge is 0.417 e. The molecule has 0 heterocycles. The summed E-state index contributed by atoms with van der Waals surface area (Å²) in [6.07, 6.45) is 6.00. The number of aliphatic hydroxyl groups excluding tert-OH is 1. The molecule has 0 rings (SSSR count). The highest BCUT2D eigenvalue weighted by Crippen LogP contribution is 2.39. The Hall–Kier alpha value is 0.0538. The van der Waals surface area contributed by atoms with Crippen molar-refractivity contribution in [2.24, 2.45) is 0 Å². The summed E-state index contributed by atoms with van der Waals surface area (Å²) >= 11 is 0. The average Bonchev–Trinajstić information content (AvgIpc) is 2.43. The van der Waals surface area contributed by atoms with E-state index >= 15 is 0 Å². The molecule has 0 aliphatic rings. The lowest BCUT2D eigenvalue weighted by Crippen LogP contribution is -2.44. The van der Waals surface area contributed by atoms with Gasteiger partial charge in [-0.2, -0.15) is 0 Å². The van der Waals surface area contributed by atoms with E-state index in [1.807, 2.05) is 0 Å². The van der Waals surface area contributed by atoms with Gasteiger partial charge in [0.1, 0.15) is 0 Å². The smallest absolute Gasteiger partial charge is 0.192 e. The Bertz CT molecular complexity index is 434. The third kappa shape index (κ3) is 9.88. The van der Waals surface area contributed by atoms with E-state index in [2.05, 4.69) is 74.3 Å². The van der Waals surface area contributed by atoms with Crippen molar-refractivity contribution in [3.05, 3.63) is 12.7 Å². The maximum absolute atomic E-state index is 10.3. The van der Waals surface area contributed by atoms with Crippen molar-refractivity contribution < 1.29 is 14.0 Å². The van der Waals surface area contributed by atoms with Gasteiger partial charge >= 0.3 is 0 Å². The van der Waals surface area contributed by atoms with Crippen molar-refractivity contribution in [1.29, 1.82) is 0 Å². The third-order valence-corrected chi connectivity index (χ3v) is 15.5. The molecular weight excluding hydrogens is 368 g/mol. The van der Waals surface area contributed by atoms with Crippen molar-refractivity contribution in [3.8, 4) is 0 Å². The molecule has 1 N–H and O–H groups in total. The van der Waals surface area contributed by atoms with Crippen LogP contribution in [0.2, 0.25) is 36.3 Å². The summed E-state index contributed by atoms with van der Waals surface area (Å²) in [6.45, 7) is 27.4. The number of hydrogen-bond donors (Lipinski definition) is 1. The van der Waals surface area contributed by atoms with Gasteiger partial charge in [-0.15, -0.1) is 6.58 Å². The monoisotopic (exact) mass is 416 g/mol. The minimum absolute atomic E-state index is 0.119. The second kappa shape index (κ2) is 10.7. The number of rotatable bonds is 12. The van der Waals surface area contributed by atoms with Crippen LogP contribution in [0.5, 0.6) is 0 Å². The van der Waals surface area contributed by atoms with Gasteiger partial charge in [-0.05, 0) is 68.4 Å². The fourth-order valence-electron chi connectivity index (χ4n) is 2.43. The van der Waals surface area contributed by atoms with Crippen LogP contribution in [0.1, 0.15) is 73.6 Å². The van der Waals surface area contributed by atoms with E-state index in [1.165, 1.54) is 0 Å². The highest BCUT2D eigenvalue weighted by atomic mass is 28.4. The first-order valence-corrected chi connectivity index (χ1v) is 16.5. The van der Waals surface area contributed by atoms with E-state index in [4.69, 9.17) is 8.85 Å². The minimum atomic E-state index is -1.84. The summed E-state index contributed by atoms with van der Waals surface area (Å²) in [4.78, 5) is 0. The van der Waals surface area contributed by atoms with Gasteiger partial charge < -0.3 is 14.0 Å². The number of hydrogen-bond acceptors (Lipinski definition) is 3. The van der Waals surface area contributed by atoms with Gasteiger partial charge in [0.2, 0.25) is 0 Å². The van der Waals surface area contributed by atoms with Crippen LogP contribution >= 0.6 is 0 Å². The molecule has 0 aromatic carbocycles. The summed E-state index contributed by atoms with van der Waals surface area (Å²) in [5.74, 6) is 0. The van der Waals surface area contributed by atoms with Crippen LogP contribution in [0.4, 0.5) is 0 Å². The topological polar surface area (TPSA) is 38.7 Å². The molecule has 0 saturated carbocycles. The van der Waals surface area contributed by atoms with Crippen LogP contribution in [0.15, 0.2) is 12.7 Å². The second-order valence-electron chi connectivity index (χ2n) is 11.0. The molecule has 0 amide bonds. The Morgan fingerprint density at radius 1 is 0.926 bits per heavy atom. The third-order valence-electron chi connectivity index (χ3n) is 6.43. The quantitative estimate of drug-likeness (QED) is 0.214. The van der Waals surface area contributed by atoms with Gasteiger partial charge in [0.05, 0.1) is 6.10 Å².